The van der Waals surface area contributed by atoms with Crippen molar-refractivity contribution >= 4 is 0 Å². The van der Waals surface area contributed by atoms with Gasteiger partial charge in [0, 0.05) is 0 Å². The van der Waals surface area contributed by atoms with Crippen LogP contribution in [0.15, 0.2) is 23.3 Å². The van der Waals surface area contributed by atoms with Gasteiger partial charge in [0.2, 0.25) is 0 Å². The highest BCUT2D eigenvalue weighted by atomic mass is 16.3. The highest BCUT2D eigenvalue weighted by Gasteiger charge is 2.44. The predicted molar refractivity (Wildman–Crippen MR) is 68.2 cm³/mol. The van der Waals surface area contributed by atoms with E-state index in [1.54, 1.807) is 0 Å². The van der Waals surface area contributed by atoms with Gasteiger partial charge in [-0.1, -0.05) is 31.6 Å². The Morgan fingerprint density at radius 1 is 1.25 bits per heavy atom. The second-order valence-corrected chi connectivity index (χ2v) is 6.27. The summed E-state index contributed by atoms with van der Waals surface area (Å²) in [5.74, 6) is 0.678. The van der Waals surface area contributed by atoms with Gasteiger partial charge < -0.3 is 5.11 Å². The molecule has 2 aliphatic carbocycles. The first-order valence-electron chi connectivity index (χ1n) is 6.46. The number of aliphatic hydroxyl groups excluding tert-OH is 1. The predicted octanol–water partition coefficient (Wildman–Crippen LogP) is 3.84. The molecule has 0 aromatic rings. The average molecular weight is 220 g/mol. The smallest absolute Gasteiger partial charge is 0.0753 e. The maximum absolute atomic E-state index is 10.1. The number of rotatable bonds is 0. The normalized spacial score (nSPS) is 39.1. The second-order valence-electron chi connectivity index (χ2n) is 6.27. The standard InChI is InChI=1S/C15H24O/c1-10-5-7-13-12(9-15(13,3)4)11(2)14(16)8-6-10/h13-14,16H,1,5-9H2,2-4H3/b12-11-/t13-,14?/m1/s1. The van der Waals surface area contributed by atoms with Gasteiger partial charge in [0.25, 0.3) is 0 Å². The maximum atomic E-state index is 10.1. The number of fused-ring (bicyclic) bond motifs is 1. The molecular formula is C15H24O. The SMILES string of the molecule is C=C1CCC(O)/C(C)=C2/CC(C)(C)[C@@H]2CC1. The maximum Gasteiger partial charge on any atom is 0.0753 e. The first-order chi connectivity index (χ1) is 7.42. The van der Waals surface area contributed by atoms with Crippen molar-refractivity contribution in [1.29, 1.82) is 0 Å². The highest BCUT2D eigenvalue weighted by molar-refractivity contribution is 5.30. The van der Waals surface area contributed by atoms with E-state index >= 15 is 0 Å². The van der Waals surface area contributed by atoms with Gasteiger partial charge in [0.15, 0.2) is 0 Å². The fourth-order valence-electron chi connectivity index (χ4n) is 3.30. The van der Waals surface area contributed by atoms with E-state index in [-0.39, 0.29) is 6.10 Å². The molecule has 0 spiro atoms. The van der Waals surface area contributed by atoms with Crippen LogP contribution in [0.3, 0.4) is 0 Å². The van der Waals surface area contributed by atoms with Crippen LogP contribution in [0, 0.1) is 11.3 Å². The first kappa shape index (κ1) is 11.9. The van der Waals surface area contributed by atoms with Crippen LogP contribution in [0.5, 0.6) is 0 Å². The van der Waals surface area contributed by atoms with E-state index in [4.69, 9.17) is 0 Å². The van der Waals surface area contributed by atoms with Gasteiger partial charge in [-0.15, -0.1) is 0 Å². The van der Waals surface area contributed by atoms with Gasteiger partial charge >= 0.3 is 0 Å². The third kappa shape index (κ3) is 1.98. The third-order valence-electron chi connectivity index (χ3n) is 4.57. The lowest BCUT2D eigenvalue weighted by Crippen LogP contribution is -2.39. The Morgan fingerprint density at radius 3 is 2.50 bits per heavy atom. The summed E-state index contributed by atoms with van der Waals surface area (Å²) < 4.78 is 0. The lowest BCUT2D eigenvalue weighted by Gasteiger charge is -2.49. The Bertz CT molecular complexity index is 335. The van der Waals surface area contributed by atoms with Crippen molar-refractivity contribution in [3.05, 3.63) is 23.3 Å². The van der Waals surface area contributed by atoms with Gasteiger partial charge in [-0.25, -0.2) is 0 Å². The molecule has 0 aromatic carbocycles. The Labute approximate surface area is 99.3 Å². The zero-order valence-electron chi connectivity index (χ0n) is 10.8. The third-order valence-corrected chi connectivity index (χ3v) is 4.57. The molecule has 0 saturated heterocycles. The number of hydrogen-bond donors (Lipinski definition) is 1. The first-order valence-corrected chi connectivity index (χ1v) is 6.46. The minimum Gasteiger partial charge on any atom is -0.389 e. The Morgan fingerprint density at radius 2 is 1.88 bits per heavy atom. The second kappa shape index (κ2) is 4.03. The minimum absolute atomic E-state index is 0.233. The van der Waals surface area contributed by atoms with Crippen molar-refractivity contribution in [2.75, 3.05) is 0 Å². The molecule has 16 heavy (non-hydrogen) atoms. The molecule has 2 rings (SSSR count). The molecule has 0 radical (unpaired) electrons. The van der Waals surface area contributed by atoms with Crippen LogP contribution in [0.2, 0.25) is 0 Å². The van der Waals surface area contributed by atoms with E-state index in [0.717, 1.165) is 19.3 Å². The molecule has 0 heterocycles. The molecule has 0 aromatic heterocycles. The molecule has 0 amide bonds. The van der Waals surface area contributed by atoms with Crippen LogP contribution in [-0.2, 0) is 0 Å². The van der Waals surface area contributed by atoms with Crippen LogP contribution >= 0.6 is 0 Å². The zero-order chi connectivity index (χ0) is 11.9. The summed E-state index contributed by atoms with van der Waals surface area (Å²) in [7, 11) is 0. The van der Waals surface area contributed by atoms with Crippen LogP contribution in [0.1, 0.15) is 52.9 Å². The van der Waals surface area contributed by atoms with Gasteiger partial charge in [0.1, 0.15) is 0 Å². The van der Waals surface area contributed by atoms with Crippen molar-refractivity contribution in [2.24, 2.45) is 11.3 Å². The zero-order valence-corrected chi connectivity index (χ0v) is 10.8. The van der Waals surface area contributed by atoms with Gasteiger partial charge in [-0.05, 0) is 55.9 Å². The molecule has 1 N–H and O–H groups in total. The van der Waals surface area contributed by atoms with Gasteiger partial charge in [-0.3, -0.25) is 0 Å². The van der Waals surface area contributed by atoms with Gasteiger partial charge in [0.05, 0.1) is 6.10 Å². The summed E-state index contributed by atoms with van der Waals surface area (Å²) >= 11 is 0. The van der Waals surface area contributed by atoms with Crippen LogP contribution in [0.4, 0.5) is 0 Å². The number of allylic oxidation sites excluding steroid dienone is 2. The van der Waals surface area contributed by atoms with E-state index in [0.29, 0.717) is 11.3 Å². The van der Waals surface area contributed by atoms with E-state index in [1.807, 2.05) is 0 Å². The summed E-state index contributed by atoms with van der Waals surface area (Å²) in [6.07, 6.45) is 5.15. The van der Waals surface area contributed by atoms with Crippen molar-refractivity contribution < 1.29 is 5.11 Å². The van der Waals surface area contributed by atoms with Crippen molar-refractivity contribution in [3.63, 3.8) is 0 Å². The molecule has 90 valence electrons. The van der Waals surface area contributed by atoms with Crippen LogP contribution in [-0.4, -0.2) is 11.2 Å². The molecule has 1 heteroatoms. The quantitative estimate of drug-likeness (QED) is 0.615. The number of hydrogen-bond acceptors (Lipinski definition) is 1. The lowest BCUT2D eigenvalue weighted by atomic mass is 9.56. The topological polar surface area (TPSA) is 20.2 Å². The highest BCUT2D eigenvalue weighted by Crippen LogP contribution is 2.54. The molecular weight excluding hydrogens is 196 g/mol. The fourth-order valence-corrected chi connectivity index (χ4v) is 3.30. The van der Waals surface area contributed by atoms with E-state index < -0.39 is 0 Å². The lowest BCUT2D eigenvalue weighted by molar-refractivity contribution is 0.134. The Hall–Kier alpha value is -0.560. The largest absolute Gasteiger partial charge is 0.389 e. The minimum atomic E-state index is -0.233. The Balaban J connectivity index is 2.25. The molecule has 1 nitrogen and oxygen atoms in total. The van der Waals surface area contributed by atoms with Gasteiger partial charge in [-0.2, -0.15) is 0 Å². The number of aliphatic hydroxyl groups is 1. The van der Waals surface area contributed by atoms with Crippen LogP contribution < -0.4 is 0 Å². The summed E-state index contributed by atoms with van der Waals surface area (Å²) in [4.78, 5) is 0. The summed E-state index contributed by atoms with van der Waals surface area (Å²) in [6.45, 7) is 10.9. The molecule has 1 unspecified atom stereocenters. The summed E-state index contributed by atoms with van der Waals surface area (Å²) in [6, 6.07) is 0. The van der Waals surface area contributed by atoms with Crippen molar-refractivity contribution in [1.82, 2.24) is 0 Å². The average Bonchev–Trinajstić information content (AvgIpc) is 2.24. The molecule has 0 bridgehead atoms. The summed E-state index contributed by atoms with van der Waals surface area (Å²) in [5, 5.41) is 10.1. The van der Waals surface area contributed by atoms with E-state index in [2.05, 4.69) is 27.4 Å². The molecule has 2 atom stereocenters. The van der Waals surface area contributed by atoms with Crippen LogP contribution in [0.25, 0.3) is 0 Å². The monoisotopic (exact) mass is 220 g/mol. The van der Waals surface area contributed by atoms with Crippen molar-refractivity contribution in [3.8, 4) is 0 Å². The molecule has 1 fully saturated rings. The van der Waals surface area contributed by atoms with E-state index in [1.165, 1.54) is 29.6 Å². The molecule has 0 aliphatic heterocycles. The molecule has 2 aliphatic rings. The Kier molecular flexibility index (Phi) is 3.00. The molecule has 1 saturated carbocycles. The van der Waals surface area contributed by atoms with E-state index in [9.17, 15) is 5.11 Å². The fraction of sp³-hybridized carbons (Fsp3) is 0.733. The summed E-state index contributed by atoms with van der Waals surface area (Å²) in [5.41, 5.74) is 4.53. The van der Waals surface area contributed by atoms with Crippen molar-refractivity contribution in [2.45, 2.75) is 59.0 Å².